The molecule has 0 aromatic heterocycles. The summed E-state index contributed by atoms with van der Waals surface area (Å²) in [6, 6.07) is 21.1. The number of aryl methyl sites for hydroxylation is 1. The van der Waals surface area contributed by atoms with E-state index in [1.54, 1.807) is 18.2 Å². The Labute approximate surface area is 172 Å². The molecule has 3 nitrogen and oxygen atoms in total. The normalized spacial score (nSPS) is 18.0. The SMILES string of the molecule is CCCc1cccc(C2(c3ccc([O-])c(C(C)C)c3)OC(=O)c3ccccc32)c1. The highest BCUT2D eigenvalue weighted by Gasteiger charge is 2.48. The van der Waals surface area contributed by atoms with Crippen LogP contribution in [0.5, 0.6) is 5.75 Å². The van der Waals surface area contributed by atoms with Crippen LogP contribution >= 0.6 is 0 Å². The van der Waals surface area contributed by atoms with Gasteiger partial charge in [-0.05, 0) is 24.0 Å². The first-order chi connectivity index (χ1) is 14.0. The predicted molar refractivity (Wildman–Crippen MR) is 112 cm³/mol. The molecule has 0 bridgehead atoms. The van der Waals surface area contributed by atoms with Crippen LogP contribution in [0, 0.1) is 0 Å². The lowest BCUT2D eigenvalue weighted by atomic mass is 9.78. The van der Waals surface area contributed by atoms with Crippen molar-refractivity contribution < 1.29 is 14.6 Å². The van der Waals surface area contributed by atoms with Crippen molar-refractivity contribution in [3.05, 3.63) is 100 Å². The Kier molecular flexibility index (Phi) is 4.91. The average Bonchev–Trinajstić information content (AvgIpc) is 3.02. The molecule has 148 valence electrons. The minimum Gasteiger partial charge on any atom is -0.872 e. The number of hydrogen-bond acceptors (Lipinski definition) is 3. The third kappa shape index (κ3) is 3.11. The van der Waals surface area contributed by atoms with Crippen molar-refractivity contribution in [2.24, 2.45) is 0 Å². The number of benzene rings is 3. The summed E-state index contributed by atoms with van der Waals surface area (Å²) in [5.41, 5.74) is 4.01. The second-order valence-corrected chi connectivity index (χ2v) is 7.97. The highest BCUT2D eigenvalue weighted by molar-refractivity contribution is 5.96. The first kappa shape index (κ1) is 19.3. The Morgan fingerprint density at radius 3 is 2.48 bits per heavy atom. The van der Waals surface area contributed by atoms with Gasteiger partial charge in [0, 0.05) is 16.7 Å². The standard InChI is InChI=1S/C26H26O3/c1-4-8-18-9-7-10-19(15-18)26(20-13-14-24(27)22(16-20)17(2)3)23-12-6-5-11-21(23)25(28)29-26/h5-7,9-17,27H,4,8H2,1-3H3/p-1. The van der Waals surface area contributed by atoms with E-state index in [2.05, 4.69) is 19.1 Å². The zero-order chi connectivity index (χ0) is 20.6. The molecule has 0 saturated carbocycles. The van der Waals surface area contributed by atoms with Crippen LogP contribution in [-0.4, -0.2) is 5.97 Å². The molecule has 3 aromatic carbocycles. The molecule has 1 aliphatic rings. The number of rotatable bonds is 5. The highest BCUT2D eigenvalue weighted by atomic mass is 16.6. The van der Waals surface area contributed by atoms with Gasteiger partial charge in [0.2, 0.25) is 0 Å². The van der Waals surface area contributed by atoms with E-state index in [0.717, 1.165) is 35.1 Å². The van der Waals surface area contributed by atoms with Gasteiger partial charge in [0.05, 0.1) is 5.56 Å². The van der Waals surface area contributed by atoms with Crippen LogP contribution in [0.3, 0.4) is 0 Å². The van der Waals surface area contributed by atoms with Crippen molar-refractivity contribution in [1.82, 2.24) is 0 Å². The molecule has 0 spiro atoms. The van der Waals surface area contributed by atoms with Crippen LogP contribution in [0.1, 0.15) is 71.3 Å². The largest absolute Gasteiger partial charge is 0.872 e. The molecule has 1 aliphatic heterocycles. The van der Waals surface area contributed by atoms with E-state index in [0.29, 0.717) is 5.56 Å². The Bertz CT molecular complexity index is 1070. The van der Waals surface area contributed by atoms with Gasteiger partial charge in [-0.2, -0.15) is 0 Å². The molecule has 0 radical (unpaired) electrons. The van der Waals surface area contributed by atoms with Gasteiger partial charge in [-0.15, -0.1) is 5.75 Å². The minimum atomic E-state index is -1.05. The molecule has 0 N–H and O–H groups in total. The molecule has 3 aromatic rings. The summed E-state index contributed by atoms with van der Waals surface area (Å²) in [5.74, 6) is -0.242. The number of carbonyl (C=O) groups excluding carboxylic acids is 1. The number of hydrogen-bond donors (Lipinski definition) is 0. The van der Waals surface area contributed by atoms with Crippen LogP contribution in [0.15, 0.2) is 66.7 Å². The quantitative estimate of drug-likeness (QED) is 0.560. The van der Waals surface area contributed by atoms with Gasteiger partial charge in [-0.25, -0.2) is 4.79 Å². The second-order valence-electron chi connectivity index (χ2n) is 7.97. The van der Waals surface area contributed by atoms with Crippen molar-refractivity contribution in [3.8, 4) is 5.75 Å². The first-order valence-electron chi connectivity index (χ1n) is 10.2. The van der Waals surface area contributed by atoms with Crippen molar-refractivity contribution in [3.63, 3.8) is 0 Å². The first-order valence-corrected chi connectivity index (χ1v) is 10.2. The number of carbonyl (C=O) groups is 1. The van der Waals surface area contributed by atoms with Gasteiger partial charge in [0.15, 0.2) is 5.60 Å². The zero-order valence-corrected chi connectivity index (χ0v) is 17.1. The molecule has 1 heterocycles. The van der Waals surface area contributed by atoms with Crippen molar-refractivity contribution in [2.75, 3.05) is 0 Å². The van der Waals surface area contributed by atoms with Gasteiger partial charge >= 0.3 is 5.97 Å². The lowest BCUT2D eigenvalue weighted by Gasteiger charge is -2.32. The third-order valence-corrected chi connectivity index (χ3v) is 5.68. The van der Waals surface area contributed by atoms with Crippen molar-refractivity contribution >= 4 is 5.97 Å². The summed E-state index contributed by atoms with van der Waals surface area (Å²) in [4.78, 5) is 12.8. The molecular formula is C26H25O3-. The van der Waals surface area contributed by atoms with Gasteiger partial charge < -0.3 is 9.84 Å². The number of cyclic esters (lactones) is 1. The van der Waals surface area contributed by atoms with Gasteiger partial charge in [0.1, 0.15) is 0 Å². The van der Waals surface area contributed by atoms with Crippen LogP contribution in [0.25, 0.3) is 0 Å². The predicted octanol–water partition coefficient (Wildman–Crippen LogP) is 5.30. The summed E-state index contributed by atoms with van der Waals surface area (Å²) in [7, 11) is 0. The van der Waals surface area contributed by atoms with E-state index in [1.807, 2.05) is 50.2 Å². The summed E-state index contributed by atoms with van der Waals surface area (Å²) < 4.78 is 6.16. The van der Waals surface area contributed by atoms with Crippen LogP contribution in [0.4, 0.5) is 0 Å². The lowest BCUT2D eigenvalue weighted by Crippen LogP contribution is -2.30. The van der Waals surface area contributed by atoms with Gasteiger partial charge in [-0.3, -0.25) is 0 Å². The molecule has 1 unspecified atom stereocenters. The fraction of sp³-hybridized carbons (Fsp3) is 0.269. The van der Waals surface area contributed by atoms with E-state index < -0.39 is 5.60 Å². The fourth-order valence-corrected chi connectivity index (χ4v) is 4.27. The Hall–Kier alpha value is -3.07. The molecule has 0 saturated heterocycles. The molecule has 3 heteroatoms. The van der Waals surface area contributed by atoms with E-state index in [4.69, 9.17) is 4.74 Å². The Morgan fingerprint density at radius 1 is 0.966 bits per heavy atom. The monoisotopic (exact) mass is 385 g/mol. The zero-order valence-electron chi connectivity index (χ0n) is 17.1. The molecule has 1 atom stereocenters. The molecule has 0 fully saturated rings. The Balaban J connectivity index is 2.02. The number of fused-ring (bicyclic) bond motifs is 1. The molecule has 0 amide bonds. The highest BCUT2D eigenvalue weighted by Crippen LogP contribution is 2.48. The van der Waals surface area contributed by atoms with Gasteiger partial charge in [-0.1, -0.05) is 93.4 Å². The van der Waals surface area contributed by atoms with Crippen molar-refractivity contribution in [2.45, 2.75) is 45.1 Å². The minimum absolute atomic E-state index is 0.0104. The third-order valence-electron chi connectivity index (χ3n) is 5.68. The van der Waals surface area contributed by atoms with E-state index in [9.17, 15) is 9.90 Å². The number of ether oxygens (including phenoxy) is 1. The summed E-state index contributed by atoms with van der Waals surface area (Å²) in [6.45, 7) is 6.16. The lowest BCUT2D eigenvalue weighted by molar-refractivity contribution is -0.269. The van der Waals surface area contributed by atoms with Crippen LogP contribution < -0.4 is 5.11 Å². The maximum Gasteiger partial charge on any atom is 0.340 e. The fourth-order valence-electron chi connectivity index (χ4n) is 4.27. The van der Waals surface area contributed by atoms with Crippen molar-refractivity contribution in [1.29, 1.82) is 0 Å². The summed E-state index contributed by atoms with van der Waals surface area (Å²) >= 11 is 0. The van der Waals surface area contributed by atoms with E-state index in [1.165, 1.54) is 5.56 Å². The molecular weight excluding hydrogens is 360 g/mol. The van der Waals surface area contributed by atoms with E-state index in [-0.39, 0.29) is 17.6 Å². The molecule has 4 rings (SSSR count). The summed E-state index contributed by atoms with van der Waals surface area (Å²) in [5, 5.41) is 12.4. The summed E-state index contributed by atoms with van der Waals surface area (Å²) in [6.07, 6.45) is 1.99. The molecule has 29 heavy (non-hydrogen) atoms. The average molecular weight is 385 g/mol. The van der Waals surface area contributed by atoms with E-state index >= 15 is 0 Å². The maximum absolute atomic E-state index is 12.8. The topological polar surface area (TPSA) is 49.4 Å². The second kappa shape index (κ2) is 7.40. The smallest absolute Gasteiger partial charge is 0.340 e. The Morgan fingerprint density at radius 2 is 1.72 bits per heavy atom. The molecule has 0 aliphatic carbocycles. The number of esters is 1. The van der Waals surface area contributed by atoms with Crippen LogP contribution in [-0.2, 0) is 16.8 Å². The van der Waals surface area contributed by atoms with Gasteiger partial charge in [0.25, 0.3) is 0 Å². The van der Waals surface area contributed by atoms with Crippen LogP contribution in [0.2, 0.25) is 0 Å². The maximum atomic E-state index is 12.8.